The van der Waals surface area contributed by atoms with Gasteiger partial charge in [0.15, 0.2) is 0 Å². The summed E-state index contributed by atoms with van der Waals surface area (Å²) < 4.78 is 11.2. The minimum atomic E-state index is -0.752. The van der Waals surface area contributed by atoms with Crippen LogP contribution in [-0.4, -0.2) is 61.7 Å². The van der Waals surface area contributed by atoms with Gasteiger partial charge < -0.3 is 24.4 Å². The lowest BCUT2D eigenvalue weighted by Gasteiger charge is -2.26. The summed E-state index contributed by atoms with van der Waals surface area (Å²) in [5, 5.41) is 11.6. The molecule has 0 saturated carbocycles. The predicted octanol–water partition coefficient (Wildman–Crippen LogP) is 4.65. The van der Waals surface area contributed by atoms with Gasteiger partial charge in [-0.25, -0.2) is 0 Å². The van der Waals surface area contributed by atoms with Crippen molar-refractivity contribution in [2.75, 3.05) is 38.8 Å². The zero-order valence-electron chi connectivity index (χ0n) is 20.2. The Bertz CT molecular complexity index is 1080. The summed E-state index contributed by atoms with van der Waals surface area (Å²) in [7, 11) is 3.86. The van der Waals surface area contributed by atoms with Gasteiger partial charge in [-0.15, -0.1) is 0 Å². The first-order valence-corrected chi connectivity index (χ1v) is 11.6. The number of amides is 1. The molecule has 1 aliphatic heterocycles. The Morgan fingerprint density at radius 2 is 1.82 bits per heavy atom. The molecule has 7 nitrogen and oxygen atoms in total. The Hall–Kier alpha value is -3.03. The number of benzene rings is 2. The van der Waals surface area contributed by atoms with Crippen LogP contribution in [0.3, 0.4) is 0 Å². The molecule has 8 heteroatoms. The normalized spacial score (nSPS) is 17.5. The molecule has 2 aromatic carbocycles. The maximum atomic E-state index is 13.1. The van der Waals surface area contributed by atoms with Crippen molar-refractivity contribution in [2.24, 2.45) is 0 Å². The van der Waals surface area contributed by atoms with Crippen molar-refractivity contribution in [1.82, 2.24) is 4.90 Å². The SMILES string of the molecule is CCOc1cc(/C(O)=C2/C(=O)C(=O)N(CCOC(C)C)C2c2ccc(N(C)C)cc2)ccc1Cl. The van der Waals surface area contributed by atoms with E-state index in [4.69, 9.17) is 21.1 Å². The molecule has 1 N–H and O–H groups in total. The van der Waals surface area contributed by atoms with Gasteiger partial charge in [0.2, 0.25) is 0 Å². The van der Waals surface area contributed by atoms with Crippen molar-refractivity contribution in [3.63, 3.8) is 0 Å². The number of rotatable bonds is 9. The summed E-state index contributed by atoms with van der Waals surface area (Å²) in [6.45, 7) is 6.51. The van der Waals surface area contributed by atoms with Crippen LogP contribution in [0.1, 0.15) is 37.9 Å². The lowest BCUT2D eigenvalue weighted by atomic mass is 9.95. The molecule has 1 heterocycles. The molecule has 0 aromatic heterocycles. The summed E-state index contributed by atoms with van der Waals surface area (Å²) >= 11 is 6.19. The van der Waals surface area contributed by atoms with Crippen molar-refractivity contribution >= 4 is 34.7 Å². The maximum Gasteiger partial charge on any atom is 0.295 e. The molecule has 1 unspecified atom stereocenters. The molecule has 1 saturated heterocycles. The van der Waals surface area contributed by atoms with E-state index in [1.54, 1.807) is 18.2 Å². The minimum Gasteiger partial charge on any atom is -0.507 e. The van der Waals surface area contributed by atoms with Crippen molar-refractivity contribution in [3.05, 3.63) is 64.2 Å². The van der Waals surface area contributed by atoms with Crippen LogP contribution in [0, 0.1) is 0 Å². The van der Waals surface area contributed by atoms with Crippen LogP contribution in [0.25, 0.3) is 5.76 Å². The number of likely N-dealkylation sites (tertiary alicyclic amines) is 1. The monoisotopic (exact) mass is 486 g/mol. The van der Waals surface area contributed by atoms with E-state index in [0.29, 0.717) is 22.9 Å². The van der Waals surface area contributed by atoms with Crippen LogP contribution in [-0.2, 0) is 14.3 Å². The highest BCUT2D eigenvalue weighted by molar-refractivity contribution is 6.46. The number of ether oxygens (including phenoxy) is 2. The first kappa shape index (κ1) is 25.6. The van der Waals surface area contributed by atoms with E-state index in [2.05, 4.69) is 0 Å². The van der Waals surface area contributed by atoms with Crippen molar-refractivity contribution in [1.29, 1.82) is 0 Å². The molecule has 1 fully saturated rings. The third-order valence-electron chi connectivity index (χ3n) is 5.55. The van der Waals surface area contributed by atoms with Gasteiger partial charge in [-0.1, -0.05) is 23.7 Å². The number of aliphatic hydroxyl groups is 1. The Labute approximate surface area is 205 Å². The number of hydrogen-bond donors (Lipinski definition) is 1. The number of carbonyl (C=O) groups excluding carboxylic acids is 2. The van der Waals surface area contributed by atoms with E-state index in [0.717, 1.165) is 11.3 Å². The van der Waals surface area contributed by atoms with Crippen LogP contribution in [0.4, 0.5) is 5.69 Å². The second kappa shape index (κ2) is 10.9. The summed E-state index contributed by atoms with van der Waals surface area (Å²) in [6, 6.07) is 11.6. The largest absolute Gasteiger partial charge is 0.507 e. The molecule has 3 rings (SSSR count). The Kier molecular flexibility index (Phi) is 8.23. The number of halogens is 1. The highest BCUT2D eigenvalue weighted by Crippen LogP contribution is 2.40. The molecule has 1 aliphatic rings. The number of hydrogen-bond acceptors (Lipinski definition) is 6. The quantitative estimate of drug-likeness (QED) is 0.316. The second-order valence-electron chi connectivity index (χ2n) is 8.48. The molecule has 0 spiro atoms. The smallest absolute Gasteiger partial charge is 0.295 e. The van der Waals surface area contributed by atoms with E-state index in [1.807, 2.05) is 64.0 Å². The lowest BCUT2D eigenvalue weighted by Crippen LogP contribution is -2.33. The second-order valence-corrected chi connectivity index (χ2v) is 8.88. The third-order valence-corrected chi connectivity index (χ3v) is 5.87. The van der Waals surface area contributed by atoms with Crippen molar-refractivity contribution < 1.29 is 24.2 Å². The van der Waals surface area contributed by atoms with Gasteiger partial charge in [-0.2, -0.15) is 0 Å². The van der Waals surface area contributed by atoms with Crippen molar-refractivity contribution in [3.8, 4) is 5.75 Å². The number of carbonyl (C=O) groups is 2. The third kappa shape index (κ3) is 5.37. The molecule has 2 aromatic rings. The van der Waals surface area contributed by atoms with E-state index in [9.17, 15) is 14.7 Å². The van der Waals surface area contributed by atoms with Gasteiger partial charge in [-0.05, 0) is 56.7 Å². The fourth-order valence-electron chi connectivity index (χ4n) is 3.87. The molecule has 182 valence electrons. The maximum absolute atomic E-state index is 13.1. The van der Waals surface area contributed by atoms with Crippen LogP contribution in [0.5, 0.6) is 5.75 Å². The number of nitrogens with zero attached hydrogens (tertiary/aromatic N) is 2. The van der Waals surface area contributed by atoms with Gasteiger partial charge in [0.1, 0.15) is 11.5 Å². The molecular weight excluding hydrogens is 456 g/mol. The fraction of sp³-hybridized carbons (Fsp3) is 0.385. The van der Waals surface area contributed by atoms with Gasteiger partial charge in [0.25, 0.3) is 11.7 Å². The Morgan fingerprint density at radius 3 is 2.41 bits per heavy atom. The molecule has 1 atom stereocenters. The molecule has 0 bridgehead atoms. The van der Waals surface area contributed by atoms with Gasteiger partial charge in [0.05, 0.1) is 36.0 Å². The standard InChI is InChI=1S/C26H31ClN2O5/c1-6-33-21-15-18(9-12-20(21)27)24(30)22-23(17-7-10-19(11-8-17)28(4)5)29(26(32)25(22)31)13-14-34-16(2)3/h7-12,15-16,23,30H,6,13-14H2,1-5H3/b24-22-. The van der Waals surface area contributed by atoms with E-state index >= 15 is 0 Å². The Balaban J connectivity index is 2.11. The van der Waals surface area contributed by atoms with E-state index < -0.39 is 17.7 Å². The minimum absolute atomic E-state index is 0.0132. The number of ketones is 1. The first-order valence-electron chi connectivity index (χ1n) is 11.3. The molecular formula is C26H31ClN2O5. The van der Waals surface area contributed by atoms with E-state index in [1.165, 1.54) is 4.90 Å². The summed E-state index contributed by atoms with van der Waals surface area (Å²) in [5.74, 6) is -1.30. The number of Topliss-reactive ketones (excluding diaryl/α,β-unsaturated/α-hetero) is 1. The van der Waals surface area contributed by atoms with Gasteiger partial charge >= 0.3 is 0 Å². The summed E-state index contributed by atoms with van der Waals surface area (Å²) in [6.07, 6.45) is -0.0132. The lowest BCUT2D eigenvalue weighted by molar-refractivity contribution is -0.140. The highest BCUT2D eigenvalue weighted by atomic mass is 35.5. The molecule has 0 aliphatic carbocycles. The Morgan fingerprint density at radius 1 is 1.15 bits per heavy atom. The van der Waals surface area contributed by atoms with Gasteiger partial charge in [0, 0.05) is 31.9 Å². The summed E-state index contributed by atoms with van der Waals surface area (Å²) in [5.41, 5.74) is 2.06. The number of anilines is 1. The van der Waals surface area contributed by atoms with Crippen molar-refractivity contribution in [2.45, 2.75) is 32.9 Å². The predicted molar refractivity (Wildman–Crippen MR) is 133 cm³/mol. The highest BCUT2D eigenvalue weighted by Gasteiger charge is 2.46. The number of aliphatic hydroxyl groups excluding tert-OH is 1. The molecule has 1 amide bonds. The van der Waals surface area contributed by atoms with Crippen LogP contribution >= 0.6 is 11.6 Å². The van der Waals surface area contributed by atoms with Crippen LogP contribution < -0.4 is 9.64 Å². The average molecular weight is 487 g/mol. The molecule has 34 heavy (non-hydrogen) atoms. The molecule has 0 radical (unpaired) electrons. The van der Waals surface area contributed by atoms with Crippen LogP contribution in [0.2, 0.25) is 5.02 Å². The fourth-order valence-corrected chi connectivity index (χ4v) is 4.04. The summed E-state index contributed by atoms with van der Waals surface area (Å²) in [4.78, 5) is 29.6. The van der Waals surface area contributed by atoms with Crippen LogP contribution in [0.15, 0.2) is 48.0 Å². The zero-order chi connectivity index (χ0) is 25.0. The zero-order valence-corrected chi connectivity index (χ0v) is 20.9. The van der Waals surface area contributed by atoms with E-state index in [-0.39, 0.29) is 30.6 Å². The first-order chi connectivity index (χ1) is 16.1. The topological polar surface area (TPSA) is 79.3 Å². The average Bonchev–Trinajstić information content (AvgIpc) is 3.05. The van der Waals surface area contributed by atoms with Gasteiger partial charge in [-0.3, -0.25) is 9.59 Å².